The summed E-state index contributed by atoms with van der Waals surface area (Å²) in [7, 11) is 4.12. The molecule has 0 bridgehead atoms. The highest BCUT2D eigenvalue weighted by Crippen LogP contribution is 2.27. The standard InChI is InChI=1S/C16H22N4/c1-19-9-6-14-11-13(3-4-16(14)19)12-17-8-5-15-7-10-20(2)18-15/h3-4,7,10-11,17H,5-6,8-9,12H2,1-2H3. The van der Waals surface area contributed by atoms with Crippen molar-refractivity contribution in [3.63, 3.8) is 0 Å². The van der Waals surface area contributed by atoms with Crippen molar-refractivity contribution in [2.24, 2.45) is 7.05 Å². The minimum absolute atomic E-state index is 0.934. The molecule has 0 atom stereocenters. The van der Waals surface area contributed by atoms with Crippen LogP contribution in [0.1, 0.15) is 16.8 Å². The molecule has 1 aromatic heterocycles. The van der Waals surface area contributed by atoms with Crippen LogP contribution in [-0.4, -0.2) is 29.9 Å². The first kappa shape index (κ1) is 13.2. The van der Waals surface area contributed by atoms with E-state index in [4.69, 9.17) is 0 Å². The van der Waals surface area contributed by atoms with Gasteiger partial charge in [-0.3, -0.25) is 4.68 Å². The number of likely N-dealkylation sites (N-methyl/N-ethyl adjacent to an activating group) is 1. The van der Waals surface area contributed by atoms with Gasteiger partial charge in [0.25, 0.3) is 0 Å². The highest BCUT2D eigenvalue weighted by atomic mass is 15.2. The summed E-state index contributed by atoms with van der Waals surface area (Å²) in [6, 6.07) is 8.89. The van der Waals surface area contributed by atoms with Crippen LogP contribution in [-0.2, 0) is 26.4 Å². The zero-order chi connectivity index (χ0) is 13.9. The summed E-state index contributed by atoms with van der Waals surface area (Å²) in [5.74, 6) is 0. The molecule has 20 heavy (non-hydrogen) atoms. The van der Waals surface area contributed by atoms with Crippen LogP contribution in [0.3, 0.4) is 0 Å². The smallest absolute Gasteiger partial charge is 0.0637 e. The SMILES string of the molecule is CN1CCc2cc(CNCCc3ccn(C)n3)ccc21. The molecule has 106 valence electrons. The molecule has 1 aliphatic heterocycles. The number of fused-ring (bicyclic) bond motifs is 1. The van der Waals surface area contributed by atoms with Crippen molar-refractivity contribution in [2.75, 3.05) is 25.0 Å². The third-order valence-corrected chi connectivity index (χ3v) is 3.93. The molecule has 4 heteroatoms. The number of rotatable bonds is 5. The predicted octanol–water partition coefficient (Wildman–Crippen LogP) is 1.74. The van der Waals surface area contributed by atoms with Crippen LogP contribution in [0.15, 0.2) is 30.5 Å². The largest absolute Gasteiger partial charge is 0.374 e. The van der Waals surface area contributed by atoms with Crippen LogP contribution in [0.4, 0.5) is 5.69 Å². The quantitative estimate of drug-likeness (QED) is 0.840. The summed E-state index contributed by atoms with van der Waals surface area (Å²) in [4.78, 5) is 2.33. The van der Waals surface area contributed by atoms with Crippen molar-refractivity contribution in [2.45, 2.75) is 19.4 Å². The van der Waals surface area contributed by atoms with E-state index in [1.165, 1.54) is 23.2 Å². The first-order chi connectivity index (χ1) is 9.72. The van der Waals surface area contributed by atoms with Gasteiger partial charge in [0.1, 0.15) is 0 Å². The lowest BCUT2D eigenvalue weighted by molar-refractivity contribution is 0.665. The van der Waals surface area contributed by atoms with Crippen LogP contribution >= 0.6 is 0 Å². The van der Waals surface area contributed by atoms with E-state index in [1.807, 2.05) is 17.9 Å². The van der Waals surface area contributed by atoms with Gasteiger partial charge in [-0.15, -0.1) is 0 Å². The Morgan fingerprint density at radius 2 is 2.15 bits per heavy atom. The lowest BCUT2D eigenvalue weighted by Crippen LogP contribution is -2.17. The molecule has 1 aliphatic rings. The zero-order valence-corrected chi connectivity index (χ0v) is 12.3. The first-order valence-electron chi connectivity index (χ1n) is 7.24. The number of aryl methyl sites for hydroxylation is 1. The molecule has 4 nitrogen and oxygen atoms in total. The second-order valence-corrected chi connectivity index (χ2v) is 5.54. The number of anilines is 1. The fraction of sp³-hybridized carbons (Fsp3) is 0.438. The fourth-order valence-electron chi connectivity index (χ4n) is 2.78. The maximum Gasteiger partial charge on any atom is 0.0637 e. The van der Waals surface area contributed by atoms with Gasteiger partial charge in [0.15, 0.2) is 0 Å². The van der Waals surface area contributed by atoms with E-state index in [0.717, 1.165) is 31.7 Å². The van der Waals surface area contributed by atoms with Crippen molar-refractivity contribution >= 4 is 5.69 Å². The molecular formula is C16H22N4. The maximum atomic E-state index is 4.38. The Morgan fingerprint density at radius 3 is 2.95 bits per heavy atom. The first-order valence-corrected chi connectivity index (χ1v) is 7.24. The number of aromatic nitrogens is 2. The number of benzene rings is 1. The predicted molar refractivity (Wildman–Crippen MR) is 82.0 cm³/mol. The van der Waals surface area contributed by atoms with E-state index in [2.05, 4.69) is 46.6 Å². The van der Waals surface area contributed by atoms with E-state index in [9.17, 15) is 0 Å². The normalized spacial score (nSPS) is 13.8. The van der Waals surface area contributed by atoms with Crippen LogP contribution in [0, 0.1) is 0 Å². The minimum Gasteiger partial charge on any atom is -0.374 e. The monoisotopic (exact) mass is 270 g/mol. The topological polar surface area (TPSA) is 33.1 Å². The summed E-state index contributed by atoms with van der Waals surface area (Å²) in [6.45, 7) is 3.05. The molecule has 2 heterocycles. The summed E-state index contributed by atoms with van der Waals surface area (Å²) < 4.78 is 1.85. The number of hydrogen-bond donors (Lipinski definition) is 1. The molecule has 2 aromatic rings. The molecule has 0 fully saturated rings. The van der Waals surface area contributed by atoms with Crippen molar-refractivity contribution in [1.82, 2.24) is 15.1 Å². The minimum atomic E-state index is 0.934. The number of nitrogens with one attached hydrogen (secondary N) is 1. The van der Waals surface area contributed by atoms with Crippen molar-refractivity contribution < 1.29 is 0 Å². The molecule has 0 amide bonds. The van der Waals surface area contributed by atoms with Gasteiger partial charge in [0.05, 0.1) is 5.69 Å². The summed E-state index contributed by atoms with van der Waals surface area (Å²) >= 11 is 0. The van der Waals surface area contributed by atoms with Crippen molar-refractivity contribution in [3.8, 4) is 0 Å². The Balaban J connectivity index is 1.49. The molecule has 1 N–H and O–H groups in total. The van der Waals surface area contributed by atoms with E-state index < -0.39 is 0 Å². The van der Waals surface area contributed by atoms with Gasteiger partial charge >= 0.3 is 0 Å². The molecule has 0 radical (unpaired) electrons. The van der Waals surface area contributed by atoms with Gasteiger partial charge < -0.3 is 10.2 Å². The highest BCUT2D eigenvalue weighted by molar-refractivity contribution is 5.58. The molecule has 0 unspecified atom stereocenters. The molecule has 0 saturated carbocycles. The lowest BCUT2D eigenvalue weighted by atomic mass is 10.1. The molecule has 0 saturated heterocycles. The Bertz CT molecular complexity index is 588. The third-order valence-electron chi connectivity index (χ3n) is 3.93. The van der Waals surface area contributed by atoms with Crippen LogP contribution in [0.25, 0.3) is 0 Å². The molecule has 1 aromatic carbocycles. The Labute approximate surface area is 120 Å². The summed E-state index contributed by atoms with van der Waals surface area (Å²) in [6.07, 6.45) is 4.15. The highest BCUT2D eigenvalue weighted by Gasteiger charge is 2.15. The van der Waals surface area contributed by atoms with E-state index in [-0.39, 0.29) is 0 Å². The van der Waals surface area contributed by atoms with E-state index in [1.54, 1.807) is 0 Å². The van der Waals surface area contributed by atoms with Crippen molar-refractivity contribution in [3.05, 3.63) is 47.3 Å². The maximum absolute atomic E-state index is 4.38. The van der Waals surface area contributed by atoms with Crippen molar-refractivity contribution in [1.29, 1.82) is 0 Å². The second kappa shape index (κ2) is 5.67. The third kappa shape index (κ3) is 2.85. The Kier molecular flexibility index (Phi) is 3.74. The molecule has 3 rings (SSSR count). The molecular weight excluding hydrogens is 248 g/mol. The number of nitrogens with zero attached hydrogens (tertiary/aromatic N) is 3. The van der Waals surface area contributed by atoms with Gasteiger partial charge in [-0.05, 0) is 29.7 Å². The Morgan fingerprint density at radius 1 is 1.25 bits per heavy atom. The summed E-state index contributed by atoms with van der Waals surface area (Å²) in [5.41, 5.74) is 5.40. The fourth-order valence-corrected chi connectivity index (χ4v) is 2.78. The second-order valence-electron chi connectivity index (χ2n) is 5.54. The molecule has 0 spiro atoms. The van der Waals surface area contributed by atoms with Crippen LogP contribution < -0.4 is 10.2 Å². The van der Waals surface area contributed by atoms with Gasteiger partial charge in [0.2, 0.25) is 0 Å². The molecule has 0 aliphatic carbocycles. The van der Waals surface area contributed by atoms with Gasteiger partial charge in [0, 0.05) is 52.0 Å². The van der Waals surface area contributed by atoms with Crippen LogP contribution in [0.5, 0.6) is 0 Å². The van der Waals surface area contributed by atoms with E-state index >= 15 is 0 Å². The Hall–Kier alpha value is -1.81. The van der Waals surface area contributed by atoms with Gasteiger partial charge in [-0.25, -0.2) is 0 Å². The van der Waals surface area contributed by atoms with Crippen LogP contribution in [0.2, 0.25) is 0 Å². The average Bonchev–Trinajstić information content (AvgIpc) is 3.02. The van der Waals surface area contributed by atoms with Gasteiger partial charge in [-0.2, -0.15) is 5.10 Å². The summed E-state index contributed by atoms with van der Waals surface area (Å²) in [5, 5.41) is 7.88. The number of hydrogen-bond acceptors (Lipinski definition) is 3. The zero-order valence-electron chi connectivity index (χ0n) is 12.3. The van der Waals surface area contributed by atoms with E-state index in [0.29, 0.717) is 0 Å². The average molecular weight is 270 g/mol. The lowest BCUT2D eigenvalue weighted by Gasteiger charge is -2.12. The van der Waals surface area contributed by atoms with Gasteiger partial charge in [-0.1, -0.05) is 12.1 Å².